The third-order valence-electron chi connectivity index (χ3n) is 5.01. The average molecular weight is 456 g/mol. The Morgan fingerprint density at radius 2 is 1.84 bits per heavy atom. The SMILES string of the molecule is CCCCCOc1cccc(C(=O)N(CCN(C)C)c2nc3c(OCC)cccc3s2)c1. The Hall–Kier alpha value is -2.64. The van der Waals surface area contributed by atoms with Gasteiger partial charge in [0.15, 0.2) is 5.13 Å². The minimum absolute atomic E-state index is 0.0807. The molecule has 3 rings (SSSR count). The van der Waals surface area contributed by atoms with Crippen molar-refractivity contribution in [3.8, 4) is 11.5 Å². The fourth-order valence-corrected chi connectivity index (χ4v) is 4.31. The van der Waals surface area contributed by atoms with Crippen molar-refractivity contribution in [3.05, 3.63) is 48.0 Å². The molecule has 0 unspecified atom stereocenters. The lowest BCUT2D eigenvalue weighted by Crippen LogP contribution is -2.36. The molecule has 32 heavy (non-hydrogen) atoms. The Kier molecular flexibility index (Phi) is 8.88. The minimum atomic E-state index is -0.0807. The van der Waals surface area contributed by atoms with Crippen LogP contribution >= 0.6 is 11.3 Å². The monoisotopic (exact) mass is 455 g/mol. The van der Waals surface area contributed by atoms with Gasteiger partial charge in [-0.1, -0.05) is 43.2 Å². The van der Waals surface area contributed by atoms with Crippen LogP contribution in [0.15, 0.2) is 42.5 Å². The van der Waals surface area contributed by atoms with Crippen LogP contribution in [0.1, 0.15) is 43.5 Å². The largest absolute Gasteiger partial charge is 0.494 e. The van der Waals surface area contributed by atoms with Crippen LogP contribution in [0, 0.1) is 0 Å². The van der Waals surface area contributed by atoms with E-state index in [9.17, 15) is 4.79 Å². The number of likely N-dealkylation sites (N-methyl/N-ethyl adjacent to an activating group) is 1. The van der Waals surface area contributed by atoms with Gasteiger partial charge in [-0.05, 0) is 57.8 Å². The van der Waals surface area contributed by atoms with Gasteiger partial charge in [-0.3, -0.25) is 9.69 Å². The topological polar surface area (TPSA) is 54.9 Å². The fraction of sp³-hybridized carbons (Fsp3) is 0.440. The van der Waals surface area contributed by atoms with E-state index in [1.807, 2.05) is 63.5 Å². The van der Waals surface area contributed by atoms with Crippen molar-refractivity contribution in [2.24, 2.45) is 0 Å². The summed E-state index contributed by atoms with van der Waals surface area (Å²) in [7, 11) is 4.00. The summed E-state index contributed by atoms with van der Waals surface area (Å²) < 4.78 is 12.6. The van der Waals surface area contributed by atoms with Crippen molar-refractivity contribution >= 4 is 32.6 Å². The third-order valence-corrected chi connectivity index (χ3v) is 6.06. The summed E-state index contributed by atoms with van der Waals surface area (Å²) in [5, 5.41) is 0.674. The van der Waals surface area contributed by atoms with Gasteiger partial charge in [0.25, 0.3) is 5.91 Å². The van der Waals surface area contributed by atoms with Crippen LogP contribution in [0.5, 0.6) is 11.5 Å². The van der Waals surface area contributed by atoms with Gasteiger partial charge in [0.05, 0.1) is 17.9 Å². The number of para-hydroxylation sites is 1. The Morgan fingerprint density at radius 1 is 1.03 bits per heavy atom. The van der Waals surface area contributed by atoms with E-state index in [4.69, 9.17) is 14.5 Å². The van der Waals surface area contributed by atoms with E-state index >= 15 is 0 Å². The Bertz CT molecular complexity index is 1020. The maximum atomic E-state index is 13.6. The zero-order chi connectivity index (χ0) is 22.9. The number of hydrogen-bond donors (Lipinski definition) is 0. The molecule has 0 N–H and O–H groups in total. The van der Waals surface area contributed by atoms with Gasteiger partial charge in [0.2, 0.25) is 0 Å². The molecule has 0 spiro atoms. The fourth-order valence-electron chi connectivity index (χ4n) is 3.30. The molecule has 7 heteroatoms. The molecule has 0 saturated carbocycles. The van der Waals surface area contributed by atoms with Gasteiger partial charge in [0, 0.05) is 18.7 Å². The first-order valence-corrected chi connectivity index (χ1v) is 12.1. The van der Waals surface area contributed by atoms with Gasteiger partial charge < -0.3 is 14.4 Å². The summed E-state index contributed by atoms with van der Waals surface area (Å²) >= 11 is 1.51. The number of hydrogen-bond acceptors (Lipinski definition) is 6. The number of fused-ring (bicyclic) bond motifs is 1. The summed E-state index contributed by atoms with van der Waals surface area (Å²) in [6, 6.07) is 13.3. The predicted molar refractivity (Wildman–Crippen MR) is 132 cm³/mol. The number of thiazole rings is 1. The van der Waals surface area contributed by atoms with E-state index in [2.05, 4.69) is 11.8 Å². The first-order valence-electron chi connectivity index (χ1n) is 11.2. The van der Waals surface area contributed by atoms with E-state index in [-0.39, 0.29) is 5.91 Å². The molecule has 1 aromatic heterocycles. The predicted octanol–water partition coefficient (Wildman–Crippen LogP) is 5.47. The number of anilines is 1. The second kappa shape index (κ2) is 11.8. The molecule has 0 saturated heterocycles. The summed E-state index contributed by atoms with van der Waals surface area (Å²) in [6.07, 6.45) is 3.30. The zero-order valence-electron chi connectivity index (χ0n) is 19.5. The smallest absolute Gasteiger partial charge is 0.260 e. The third kappa shape index (κ3) is 6.20. The summed E-state index contributed by atoms with van der Waals surface area (Å²) in [4.78, 5) is 22.2. The van der Waals surface area contributed by atoms with Crippen LogP contribution < -0.4 is 14.4 Å². The number of amides is 1. The highest BCUT2D eigenvalue weighted by Gasteiger charge is 2.23. The minimum Gasteiger partial charge on any atom is -0.494 e. The molecule has 172 valence electrons. The molecule has 0 atom stereocenters. The number of unbranched alkanes of at least 4 members (excludes halogenated alkanes) is 2. The Balaban J connectivity index is 1.88. The van der Waals surface area contributed by atoms with Gasteiger partial charge in [-0.15, -0.1) is 0 Å². The summed E-state index contributed by atoms with van der Waals surface area (Å²) in [5.41, 5.74) is 1.39. The standard InChI is InChI=1S/C25H33N3O3S/c1-5-7-8-17-31-20-12-9-11-19(18-20)24(29)28(16-15-27(3)4)25-26-23-21(30-6-2)13-10-14-22(23)32-25/h9-14,18H,5-8,15-17H2,1-4H3. The van der Waals surface area contributed by atoms with Crippen molar-refractivity contribution in [1.29, 1.82) is 0 Å². The molecule has 0 radical (unpaired) electrons. The molecule has 1 heterocycles. The van der Waals surface area contributed by atoms with Crippen LogP contribution in [-0.4, -0.2) is 56.2 Å². The lowest BCUT2D eigenvalue weighted by atomic mass is 10.2. The molecular formula is C25H33N3O3S. The summed E-state index contributed by atoms with van der Waals surface area (Å²) in [6.45, 7) is 6.62. The number of aromatic nitrogens is 1. The molecule has 3 aromatic rings. The number of nitrogens with zero attached hydrogens (tertiary/aromatic N) is 3. The van der Waals surface area contributed by atoms with Crippen molar-refractivity contribution in [2.75, 3.05) is 45.3 Å². The van der Waals surface area contributed by atoms with Gasteiger partial charge in [-0.25, -0.2) is 4.98 Å². The average Bonchev–Trinajstić information content (AvgIpc) is 3.22. The van der Waals surface area contributed by atoms with Crippen LogP contribution in [0.25, 0.3) is 10.2 Å². The highest BCUT2D eigenvalue weighted by Crippen LogP contribution is 2.35. The van der Waals surface area contributed by atoms with Crippen molar-refractivity contribution in [3.63, 3.8) is 0 Å². The Morgan fingerprint density at radius 3 is 2.59 bits per heavy atom. The first kappa shape index (κ1) is 24.0. The normalized spacial score (nSPS) is 11.2. The van der Waals surface area contributed by atoms with Crippen LogP contribution in [0.2, 0.25) is 0 Å². The summed E-state index contributed by atoms with van der Waals surface area (Å²) in [5.74, 6) is 1.39. The molecule has 0 fully saturated rings. The molecular weight excluding hydrogens is 422 g/mol. The van der Waals surface area contributed by atoms with E-state index < -0.39 is 0 Å². The van der Waals surface area contributed by atoms with E-state index in [0.29, 0.717) is 30.5 Å². The van der Waals surface area contributed by atoms with E-state index in [1.54, 1.807) is 4.90 Å². The van der Waals surface area contributed by atoms with Crippen LogP contribution in [0.4, 0.5) is 5.13 Å². The number of ether oxygens (including phenoxy) is 2. The first-order chi connectivity index (χ1) is 15.5. The number of carbonyl (C=O) groups is 1. The number of carbonyl (C=O) groups excluding carboxylic acids is 1. The zero-order valence-corrected chi connectivity index (χ0v) is 20.3. The quantitative estimate of drug-likeness (QED) is 0.339. The number of rotatable bonds is 12. The van der Waals surface area contributed by atoms with Gasteiger partial charge in [0.1, 0.15) is 17.0 Å². The number of benzene rings is 2. The molecule has 0 bridgehead atoms. The van der Waals surface area contributed by atoms with Gasteiger partial charge in [-0.2, -0.15) is 0 Å². The van der Waals surface area contributed by atoms with Crippen molar-refractivity contribution < 1.29 is 14.3 Å². The Labute approximate surface area is 194 Å². The lowest BCUT2D eigenvalue weighted by molar-refractivity contribution is 0.0984. The van der Waals surface area contributed by atoms with Crippen molar-refractivity contribution in [2.45, 2.75) is 33.1 Å². The molecule has 0 aliphatic carbocycles. The van der Waals surface area contributed by atoms with E-state index in [1.165, 1.54) is 11.3 Å². The van der Waals surface area contributed by atoms with Crippen LogP contribution in [0.3, 0.4) is 0 Å². The molecule has 2 aromatic carbocycles. The molecule has 0 aliphatic rings. The second-order valence-corrected chi connectivity index (χ2v) is 8.88. The molecule has 0 aliphatic heterocycles. The van der Waals surface area contributed by atoms with E-state index in [0.717, 1.165) is 47.5 Å². The molecule has 6 nitrogen and oxygen atoms in total. The maximum absolute atomic E-state index is 13.6. The maximum Gasteiger partial charge on any atom is 0.260 e. The lowest BCUT2D eigenvalue weighted by Gasteiger charge is -2.22. The highest BCUT2D eigenvalue weighted by molar-refractivity contribution is 7.22. The molecule has 1 amide bonds. The van der Waals surface area contributed by atoms with Crippen molar-refractivity contribution in [1.82, 2.24) is 9.88 Å². The van der Waals surface area contributed by atoms with Crippen LogP contribution in [-0.2, 0) is 0 Å². The van der Waals surface area contributed by atoms with Gasteiger partial charge >= 0.3 is 0 Å². The second-order valence-electron chi connectivity index (χ2n) is 7.88. The highest BCUT2D eigenvalue weighted by atomic mass is 32.1.